The minimum Gasteiger partial charge on any atom is -0.361 e. The van der Waals surface area contributed by atoms with Crippen molar-refractivity contribution in [3.63, 3.8) is 0 Å². The summed E-state index contributed by atoms with van der Waals surface area (Å²) in [5.41, 5.74) is 1.65. The molecule has 1 atom stereocenters. The molecule has 1 unspecified atom stereocenters. The molecular weight excluding hydrogens is 454 g/mol. The van der Waals surface area contributed by atoms with Crippen LogP contribution in [0.25, 0.3) is 10.9 Å². The highest BCUT2D eigenvalue weighted by Gasteiger charge is 2.30. The van der Waals surface area contributed by atoms with Crippen molar-refractivity contribution >= 4 is 32.8 Å². The van der Waals surface area contributed by atoms with Gasteiger partial charge in [-0.05, 0) is 48.1 Å². The van der Waals surface area contributed by atoms with Gasteiger partial charge in [-0.1, -0.05) is 12.1 Å². The lowest BCUT2D eigenvalue weighted by Crippen LogP contribution is -2.10. The van der Waals surface area contributed by atoms with Crippen molar-refractivity contribution in [3.8, 4) is 0 Å². The fourth-order valence-electron chi connectivity index (χ4n) is 3.55. The van der Waals surface area contributed by atoms with Gasteiger partial charge in [0.15, 0.2) is 0 Å². The molecule has 3 rings (SSSR count). The number of alkyl halides is 3. The Morgan fingerprint density at radius 3 is 2.39 bits per heavy atom. The van der Waals surface area contributed by atoms with Gasteiger partial charge in [0.05, 0.1) is 23.9 Å². The van der Waals surface area contributed by atoms with Gasteiger partial charge in [-0.2, -0.15) is 33.4 Å². The first-order valence-corrected chi connectivity index (χ1v) is 12.5. The van der Waals surface area contributed by atoms with E-state index in [9.17, 15) is 26.0 Å². The zero-order valence-electron chi connectivity index (χ0n) is 16.8. The Bertz CT molecular complexity index is 1160. The molecular formula is C21H21F4NO3S2. The number of aromatic nitrogens is 1. The van der Waals surface area contributed by atoms with Crippen molar-refractivity contribution in [3.05, 3.63) is 70.7 Å². The number of H-pyrrole nitrogens is 1. The fourth-order valence-corrected chi connectivity index (χ4v) is 4.52. The van der Waals surface area contributed by atoms with Crippen LogP contribution >= 0.6 is 11.8 Å². The van der Waals surface area contributed by atoms with Crippen LogP contribution in [0.15, 0.2) is 42.6 Å². The predicted molar refractivity (Wildman–Crippen MR) is 114 cm³/mol. The number of aromatic amines is 1. The molecule has 0 aliphatic heterocycles. The van der Waals surface area contributed by atoms with Gasteiger partial charge in [0, 0.05) is 28.8 Å². The molecule has 168 valence electrons. The molecule has 0 saturated carbocycles. The van der Waals surface area contributed by atoms with Crippen molar-refractivity contribution in [1.29, 1.82) is 0 Å². The summed E-state index contributed by atoms with van der Waals surface area (Å²) in [7, 11) is -3.67. The predicted octanol–water partition coefficient (Wildman–Crippen LogP) is 5.69. The Labute approximate surface area is 182 Å². The number of halogens is 4. The van der Waals surface area contributed by atoms with Gasteiger partial charge in [0.2, 0.25) is 0 Å². The molecule has 4 nitrogen and oxygen atoms in total. The van der Waals surface area contributed by atoms with E-state index in [0.29, 0.717) is 22.4 Å². The van der Waals surface area contributed by atoms with E-state index in [0.717, 1.165) is 29.3 Å². The van der Waals surface area contributed by atoms with Crippen LogP contribution in [0.3, 0.4) is 0 Å². The summed E-state index contributed by atoms with van der Waals surface area (Å²) in [6, 6.07) is 7.72. The second kappa shape index (κ2) is 9.22. The van der Waals surface area contributed by atoms with Crippen LogP contribution in [0.4, 0.5) is 17.6 Å². The quantitative estimate of drug-likeness (QED) is 0.336. The fraction of sp³-hybridized carbons (Fsp3) is 0.333. The van der Waals surface area contributed by atoms with Gasteiger partial charge in [0.25, 0.3) is 10.1 Å². The highest BCUT2D eigenvalue weighted by Crippen LogP contribution is 2.37. The van der Waals surface area contributed by atoms with Gasteiger partial charge < -0.3 is 4.98 Å². The number of rotatable bonds is 8. The third kappa shape index (κ3) is 5.61. The lowest BCUT2D eigenvalue weighted by molar-refractivity contribution is -0.137. The molecule has 10 heteroatoms. The second-order valence-electron chi connectivity index (χ2n) is 7.11. The number of fused-ring (bicyclic) bond motifs is 1. The monoisotopic (exact) mass is 475 g/mol. The number of hydrogen-bond donors (Lipinski definition) is 1. The first-order chi connectivity index (χ1) is 14.5. The first-order valence-electron chi connectivity index (χ1n) is 9.30. The average molecular weight is 476 g/mol. The van der Waals surface area contributed by atoms with Crippen molar-refractivity contribution in [2.75, 3.05) is 19.1 Å². The summed E-state index contributed by atoms with van der Waals surface area (Å²) < 4.78 is 80.8. The molecule has 1 N–H and O–H groups in total. The molecule has 0 aliphatic carbocycles. The largest absolute Gasteiger partial charge is 0.416 e. The normalized spacial score (nSPS) is 13.6. The van der Waals surface area contributed by atoms with Crippen molar-refractivity contribution in [1.82, 2.24) is 4.98 Å². The van der Waals surface area contributed by atoms with Crippen LogP contribution in [-0.2, 0) is 26.2 Å². The average Bonchev–Trinajstić information content (AvgIpc) is 3.10. The minimum atomic E-state index is -4.46. The van der Waals surface area contributed by atoms with E-state index in [1.807, 2.05) is 6.26 Å². The Balaban J connectivity index is 2.05. The second-order valence-corrected chi connectivity index (χ2v) is 9.62. The van der Waals surface area contributed by atoms with E-state index >= 15 is 0 Å². The summed E-state index contributed by atoms with van der Waals surface area (Å²) in [6.45, 7) is -0.143. The summed E-state index contributed by atoms with van der Waals surface area (Å²) in [6.07, 6.45) is 0.231. The van der Waals surface area contributed by atoms with Crippen molar-refractivity contribution in [2.45, 2.75) is 24.3 Å². The van der Waals surface area contributed by atoms with E-state index in [4.69, 9.17) is 4.18 Å². The maximum absolute atomic E-state index is 14.3. The van der Waals surface area contributed by atoms with Crippen LogP contribution in [0.5, 0.6) is 0 Å². The Morgan fingerprint density at radius 2 is 1.81 bits per heavy atom. The summed E-state index contributed by atoms with van der Waals surface area (Å²) in [5.74, 6) is -0.349. The summed E-state index contributed by atoms with van der Waals surface area (Å²) in [5, 5.41) is 0.731. The van der Waals surface area contributed by atoms with Crippen LogP contribution in [0, 0.1) is 5.82 Å². The number of hydrogen-bond acceptors (Lipinski definition) is 4. The van der Waals surface area contributed by atoms with Crippen LogP contribution in [0.1, 0.15) is 34.6 Å². The van der Waals surface area contributed by atoms with Gasteiger partial charge in [-0.25, -0.2) is 4.39 Å². The molecule has 0 fully saturated rings. The molecule has 2 aromatic carbocycles. The zero-order valence-corrected chi connectivity index (χ0v) is 18.4. The Morgan fingerprint density at radius 1 is 1.13 bits per heavy atom. The van der Waals surface area contributed by atoms with Crippen LogP contribution in [0.2, 0.25) is 0 Å². The molecule has 0 aliphatic rings. The molecule has 0 saturated heterocycles. The zero-order chi connectivity index (χ0) is 22.8. The van der Waals surface area contributed by atoms with Crippen molar-refractivity contribution in [2.24, 2.45) is 0 Å². The molecule has 0 spiro atoms. The Kier molecular flexibility index (Phi) is 7.02. The molecule has 3 aromatic rings. The summed E-state index contributed by atoms with van der Waals surface area (Å²) in [4.78, 5) is 3.08. The van der Waals surface area contributed by atoms with E-state index < -0.39 is 27.8 Å². The number of benzene rings is 2. The minimum absolute atomic E-state index is 0.143. The molecule has 1 heterocycles. The standard InChI is InChI=1S/C21H21F4NO3S2/c1-30-12-18-19(22)8-7-16-17(11-26-20(16)18)15(9-10-29-31(2,27)28)13-3-5-14(6-4-13)21(23,24)25/h3-8,11,15,26H,9-10,12H2,1-2H3. The van der Waals surface area contributed by atoms with E-state index in [1.165, 1.54) is 30.0 Å². The molecule has 31 heavy (non-hydrogen) atoms. The third-order valence-corrected chi connectivity index (χ3v) is 6.12. The smallest absolute Gasteiger partial charge is 0.361 e. The van der Waals surface area contributed by atoms with Gasteiger partial charge >= 0.3 is 6.18 Å². The topological polar surface area (TPSA) is 59.2 Å². The lowest BCUT2D eigenvalue weighted by Gasteiger charge is -2.18. The SMILES string of the molecule is CSCc1c(F)ccc2c(C(CCOS(C)(=O)=O)c3ccc(C(F)(F)F)cc3)c[nH]c12. The molecule has 1 aromatic heterocycles. The van der Waals surface area contributed by atoms with Gasteiger partial charge in [-0.3, -0.25) is 4.18 Å². The molecule has 0 amide bonds. The van der Waals surface area contributed by atoms with Crippen molar-refractivity contribution < 1.29 is 30.2 Å². The van der Waals surface area contributed by atoms with Crippen LogP contribution < -0.4 is 0 Å². The maximum Gasteiger partial charge on any atom is 0.416 e. The summed E-state index contributed by atoms with van der Waals surface area (Å²) >= 11 is 1.47. The third-order valence-electron chi connectivity index (χ3n) is 4.95. The van der Waals surface area contributed by atoms with E-state index in [-0.39, 0.29) is 18.8 Å². The van der Waals surface area contributed by atoms with Gasteiger partial charge in [0.1, 0.15) is 5.82 Å². The van der Waals surface area contributed by atoms with E-state index in [1.54, 1.807) is 12.3 Å². The molecule has 0 radical (unpaired) electrons. The number of thioether (sulfide) groups is 1. The highest BCUT2D eigenvalue weighted by atomic mass is 32.2. The maximum atomic E-state index is 14.3. The Hall–Kier alpha value is -2.04. The van der Waals surface area contributed by atoms with Crippen LogP contribution in [-0.4, -0.2) is 32.5 Å². The van der Waals surface area contributed by atoms with Gasteiger partial charge in [-0.15, -0.1) is 0 Å². The van der Waals surface area contributed by atoms with E-state index in [2.05, 4.69) is 4.98 Å². The first kappa shape index (κ1) is 23.6. The molecule has 0 bridgehead atoms. The number of nitrogens with one attached hydrogen (secondary N) is 1. The lowest BCUT2D eigenvalue weighted by atomic mass is 9.88. The highest BCUT2D eigenvalue weighted by molar-refractivity contribution is 7.97.